The Balaban J connectivity index is 1.76. The summed E-state index contributed by atoms with van der Waals surface area (Å²) in [7, 11) is 0. The molecular weight excluding hydrogens is 312 g/mol. The molecule has 23 heavy (non-hydrogen) atoms. The molecule has 5 nitrogen and oxygen atoms in total. The van der Waals surface area contributed by atoms with Gasteiger partial charge in [0.2, 0.25) is 0 Å². The van der Waals surface area contributed by atoms with Gasteiger partial charge in [0.25, 0.3) is 0 Å². The van der Waals surface area contributed by atoms with Crippen molar-refractivity contribution in [3.63, 3.8) is 0 Å². The van der Waals surface area contributed by atoms with Crippen molar-refractivity contribution in [1.29, 1.82) is 0 Å². The number of hydrogen-bond acceptors (Lipinski definition) is 3. The summed E-state index contributed by atoms with van der Waals surface area (Å²) in [5.41, 5.74) is 0.852. The molecule has 1 fully saturated rings. The highest BCUT2D eigenvalue weighted by atomic mass is 32.1. The average molecular weight is 330 g/mol. The van der Waals surface area contributed by atoms with Crippen molar-refractivity contribution >= 4 is 29.0 Å². The molecule has 2 heterocycles. The smallest absolute Gasteiger partial charge is 0.321 e. The molecule has 1 aliphatic rings. The van der Waals surface area contributed by atoms with Gasteiger partial charge in [-0.1, -0.05) is 24.3 Å². The number of amides is 2. The van der Waals surface area contributed by atoms with Crippen molar-refractivity contribution in [3.05, 3.63) is 41.8 Å². The number of carbonyl (C=O) groups is 2. The number of anilines is 1. The standard InChI is InChI=1S/C17H18N2O3S/c1-17(15(20)21)8-9-19(11-17)16(22)18-13-6-3-2-5-12(13)14-7-4-10-23-14/h2-7,10H,8-9,11H2,1H3,(H,18,22)(H,20,21). The third kappa shape index (κ3) is 3.07. The highest BCUT2D eigenvalue weighted by molar-refractivity contribution is 7.13. The molecule has 1 aliphatic heterocycles. The van der Waals surface area contributed by atoms with Gasteiger partial charge in [0.15, 0.2) is 0 Å². The molecule has 1 aromatic carbocycles. The number of carboxylic acid groups (broad SMARTS) is 1. The van der Waals surface area contributed by atoms with E-state index in [1.165, 1.54) is 0 Å². The Morgan fingerprint density at radius 2 is 2.04 bits per heavy atom. The normalized spacial score (nSPS) is 20.5. The summed E-state index contributed by atoms with van der Waals surface area (Å²) >= 11 is 1.61. The Bertz CT molecular complexity index is 729. The number of rotatable bonds is 3. The van der Waals surface area contributed by atoms with Crippen molar-refractivity contribution in [2.45, 2.75) is 13.3 Å². The summed E-state index contributed by atoms with van der Waals surface area (Å²) in [5.74, 6) is -0.855. The van der Waals surface area contributed by atoms with Crippen LogP contribution in [0.5, 0.6) is 0 Å². The first-order valence-electron chi connectivity index (χ1n) is 7.42. The molecule has 0 spiro atoms. The second kappa shape index (κ2) is 6.04. The third-order valence-corrected chi connectivity index (χ3v) is 5.14. The van der Waals surface area contributed by atoms with Crippen molar-refractivity contribution in [2.24, 2.45) is 5.41 Å². The molecule has 6 heteroatoms. The number of hydrogen-bond donors (Lipinski definition) is 2. The lowest BCUT2D eigenvalue weighted by Gasteiger charge is -2.21. The topological polar surface area (TPSA) is 69.6 Å². The minimum Gasteiger partial charge on any atom is -0.481 e. The highest BCUT2D eigenvalue weighted by Crippen LogP contribution is 2.33. The predicted molar refractivity (Wildman–Crippen MR) is 90.7 cm³/mol. The van der Waals surface area contributed by atoms with Crippen LogP contribution in [0.2, 0.25) is 0 Å². The Morgan fingerprint density at radius 3 is 2.70 bits per heavy atom. The van der Waals surface area contributed by atoms with Crippen LogP contribution in [0.4, 0.5) is 10.5 Å². The fraction of sp³-hybridized carbons (Fsp3) is 0.294. The Morgan fingerprint density at radius 1 is 1.26 bits per heavy atom. The van der Waals surface area contributed by atoms with Crippen LogP contribution in [0.3, 0.4) is 0 Å². The zero-order valence-electron chi connectivity index (χ0n) is 12.8. The molecular formula is C17H18N2O3S. The van der Waals surface area contributed by atoms with E-state index in [0.717, 1.165) is 16.1 Å². The van der Waals surface area contributed by atoms with Gasteiger partial charge in [-0.05, 0) is 30.9 Å². The molecule has 120 valence electrons. The summed E-state index contributed by atoms with van der Waals surface area (Å²) < 4.78 is 0. The number of carboxylic acids is 1. The first-order chi connectivity index (χ1) is 11.0. The van der Waals surface area contributed by atoms with Crippen LogP contribution in [0.25, 0.3) is 10.4 Å². The van der Waals surface area contributed by atoms with Gasteiger partial charge in [0.1, 0.15) is 0 Å². The lowest BCUT2D eigenvalue weighted by molar-refractivity contribution is -0.146. The van der Waals surface area contributed by atoms with Gasteiger partial charge in [-0.3, -0.25) is 4.79 Å². The zero-order valence-corrected chi connectivity index (χ0v) is 13.6. The summed E-state index contributed by atoms with van der Waals surface area (Å²) in [4.78, 5) is 26.4. The van der Waals surface area contributed by atoms with Gasteiger partial charge in [-0.15, -0.1) is 11.3 Å². The number of para-hydroxylation sites is 1. The second-order valence-electron chi connectivity index (χ2n) is 5.99. The number of thiophene rings is 1. The van der Waals surface area contributed by atoms with E-state index < -0.39 is 11.4 Å². The fourth-order valence-electron chi connectivity index (χ4n) is 2.74. The SMILES string of the molecule is CC1(C(=O)O)CCN(C(=O)Nc2ccccc2-c2cccs2)C1. The number of nitrogens with one attached hydrogen (secondary N) is 1. The van der Waals surface area contributed by atoms with E-state index in [-0.39, 0.29) is 12.6 Å². The predicted octanol–water partition coefficient (Wildman–Crippen LogP) is 3.74. The highest BCUT2D eigenvalue weighted by Gasteiger charge is 2.42. The number of aliphatic carboxylic acids is 1. The van der Waals surface area contributed by atoms with E-state index in [4.69, 9.17) is 0 Å². The largest absolute Gasteiger partial charge is 0.481 e. The Kier molecular flexibility index (Phi) is 4.09. The monoisotopic (exact) mass is 330 g/mol. The van der Waals surface area contributed by atoms with Crippen LogP contribution >= 0.6 is 11.3 Å². The molecule has 0 aliphatic carbocycles. The lowest BCUT2D eigenvalue weighted by atomic mass is 9.90. The summed E-state index contributed by atoms with van der Waals surface area (Å²) in [6, 6.07) is 11.4. The molecule has 0 bridgehead atoms. The lowest BCUT2D eigenvalue weighted by Crippen LogP contribution is -2.37. The molecule has 2 aromatic rings. The molecule has 1 unspecified atom stereocenters. The number of nitrogens with zero attached hydrogens (tertiary/aromatic N) is 1. The van der Waals surface area contributed by atoms with Crippen LogP contribution < -0.4 is 5.32 Å². The molecule has 2 amide bonds. The minimum absolute atomic E-state index is 0.231. The summed E-state index contributed by atoms with van der Waals surface area (Å²) in [6.45, 7) is 2.37. The first-order valence-corrected chi connectivity index (χ1v) is 8.30. The number of likely N-dealkylation sites (tertiary alicyclic amines) is 1. The van der Waals surface area contributed by atoms with E-state index in [1.54, 1.807) is 23.2 Å². The van der Waals surface area contributed by atoms with Crippen LogP contribution in [-0.4, -0.2) is 35.1 Å². The van der Waals surface area contributed by atoms with Crippen molar-refractivity contribution in [1.82, 2.24) is 4.90 Å². The Labute approximate surface area is 138 Å². The third-order valence-electron chi connectivity index (χ3n) is 4.23. The van der Waals surface area contributed by atoms with E-state index in [0.29, 0.717) is 13.0 Å². The van der Waals surface area contributed by atoms with E-state index in [9.17, 15) is 14.7 Å². The maximum Gasteiger partial charge on any atom is 0.321 e. The van der Waals surface area contributed by atoms with Crippen LogP contribution in [0.15, 0.2) is 41.8 Å². The van der Waals surface area contributed by atoms with Gasteiger partial charge in [0, 0.05) is 23.5 Å². The average Bonchev–Trinajstić information content (AvgIpc) is 3.18. The molecule has 1 aromatic heterocycles. The number of urea groups is 1. The van der Waals surface area contributed by atoms with Crippen LogP contribution in [0, 0.1) is 5.41 Å². The van der Waals surface area contributed by atoms with Crippen molar-refractivity contribution in [3.8, 4) is 10.4 Å². The molecule has 1 atom stereocenters. The minimum atomic E-state index is -0.857. The van der Waals surface area contributed by atoms with E-state index in [2.05, 4.69) is 5.32 Å². The number of carbonyl (C=O) groups excluding carboxylic acids is 1. The first kappa shape index (κ1) is 15.6. The van der Waals surface area contributed by atoms with Crippen molar-refractivity contribution in [2.75, 3.05) is 18.4 Å². The van der Waals surface area contributed by atoms with Gasteiger partial charge < -0.3 is 15.3 Å². The quantitative estimate of drug-likeness (QED) is 0.900. The second-order valence-corrected chi connectivity index (χ2v) is 6.94. The summed E-state index contributed by atoms with van der Waals surface area (Å²) in [6.07, 6.45) is 0.475. The van der Waals surface area contributed by atoms with Gasteiger partial charge in [-0.2, -0.15) is 0 Å². The van der Waals surface area contributed by atoms with Crippen LogP contribution in [0.1, 0.15) is 13.3 Å². The van der Waals surface area contributed by atoms with E-state index >= 15 is 0 Å². The van der Waals surface area contributed by atoms with Crippen molar-refractivity contribution < 1.29 is 14.7 Å². The Hall–Kier alpha value is -2.34. The van der Waals surface area contributed by atoms with Gasteiger partial charge >= 0.3 is 12.0 Å². The molecule has 3 rings (SSSR count). The molecule has 2 N–H and O–H groups in total. The van der Waals surface area contributed by atoms with Gasteiger partial charge in [0.05, 0.1) is 11.1 Å². The van der Waals surface area contributed by atoms with Crippen LogP contribution in [-0.2, 0) is 4.79 Å². The maximum absolute atomic E-state index is 12.5. The van der Waals surface area contributed by atoms with E-state index in [1.807, 2.05) is 41.8 Å². The molecule has 1 saturated heterocycles. The molecule has 0 radical (unpaired) electrons. The number of benzene rings is 1. The fourth-order valence-corrected chi connectivity index (χ4v) is 3.51. The maximum atomic E-state index is 12.5. The summed E-state index contributed by atoms with van der Waals surface area (Å²) in [5, 5.41) is 14.2. The van der Waals surface area contributed by atoms with Gasteiger partial charge in [-0.25, -0.2) is 4.79 Å². The zero-order chi connectivity index (χ0) is 16.4. The molecule has 0 saturated carbocycles.